The van der Waals surface area contributed by atoms with E-state index in [-0.39, 0.29) is 27.8 Å². The Balaban J connectivity index is 2.51. The molecule has 7 heteroatoms. The molecule has 0 spiro atoms. The van der Waals surface area contributed by atoms with Crippen molar-refractivity contribution in [1.82, 2.24) is 0 Å². The Labute approximate surface area is 124 Å². The van der Waals surface area contributed by atoms with E-state index in [2.05, 4.69) is 0 Å². The van der Waals surface area contributed by atoms with Crippen molar-refractivity contribution in [2.75, 3.05) is 0 Å². The smallest absolute Gasteiger partial charge is 0.313 e. The number of rotatable bonds is 4. The molecular weight excluding hydrogens is 301 g/mol. The average molecular weight is 312 g/mol. The summed E-state index contributed by atoms with van der Waals surface area (Å²) in [6.07, 6.45) is -1.00. The molecule has 2 rings (SSSR count). The minimum absolute atomic E-state index is 0.0464. The van der Waals surface area contributed by atoms with Gasteiger partial charge in [-0.3, -0.25) is 10.1 Å². The molecule has 5 nitrogen and oxygen atoms in total. The van der Waals surface area contributed by atoms with Gasteiger partial charge in [0.25, 0.3) is 0 Å². The fourth-order valence-electron chi connectivity index (χ4n) is 1.79. The van der Waals surface area contributed by atoms with E-state index in [4.69, 9.17) is 16.3 Å². The van der Waals surface area contributed by atoms with Crippen molar-refractivity contribution in [3.8, 4) is 11.5 Å². The van der Waals surface area contributed by atoms with Gasteiger partial charge in [0.05, 0.1) is 16.0 Å². The first-order valence-corrected chi connectivity index (χ1v) is 6.36. The van der Waals surface area contributed by atoms with Crippen molar-refractivity contribution in [2.24, 2.45) is 0 Å². The van der Waals surface area contributed by atoms with Crippen LogP contribution in [0.1, 0.15) is 18.6 Å². The third kappa shape index (κ3) is 3.29. The number of ether oxygens (including phenoxy) is 1. The zero-order chi connectivity index (χ0) is 15.6. The molecule has 0 radical (unpaired) electrons. The first kappa shape index (κ1) is 15.2. The average Bonchev–Trinajstić information content (AvgIpc) is 2.42. The van der Waals surface area contributed by atoms with Gasteiger partial charge in [0.15, 0.2) is 0 Å². The summed E-state index contributed by atoms with van der Waals surface area (Å²) in [7, 11) is 0. The van der Waals surface area contributed by atoms with Crippen LogP contribution < -0.4 is 4.74 Å². The number of nitro groups is 1. The first-order valence-electron chi connectivity index (χ1n) is 5.98. The van der Waals surface area contributed by atoms with Crippen molar-refractivity contribution in [1.29, 1.82) is 0 Å². The van der Waals surface area contributed by atoms with Crippen LogP contribution in [0, 0.1) is 15.9 Å². The van der Waals surface area contributed by atoms with Gasteiger partial charge in [-0.25, -0.2) is 4.39 Å². The second kappa shape index (κ2) is 6.07. The summed E-state index contributed by atoms with van der Waals surface area (Å²) in [4.78, 5) is 10.4. The molecule has 0 aromatic heterocycles. The molecule has 21 heavy (non-hydrogen) atoms. The highest BCUT2D eigenvalue weighted by Crippen LogP contribution is 2.39. The number of aliphatic hydroxyl groups excluding tert-OH is 1. The van der Waals surface area contributed by atoms with Crippen LogP contribution in [-0.4, -0.2) is 10.0 Å². The Hall–Kier alpha value is -2.18. The lowest BCUT2D eigenvalue weighted by Crippen LogP contribution is -1.99. The molecule has 1 N–H and O–H groups in total. The highest BCUT2D eigenvalue weighted by molar-refractivity contribution is 6.32. The van der Waals surface area contributed by atoms with E-state index in [1.807, 2.05) is 0 Å². The molecule has 0 amide bonds. The van der Waals surface area contributed by atoms with Crippen molar-refractivity contribution in [2.45, 2.75) is 13.0 Å². The van der Waals surface area contributed by atoms with Crippen LogP contribution in [0.25, 0.3) is 0 Å². The largest absolute Gasteiger partial charge is 0.448 e. The Morgan fingerprint density at radius 1 is 1.38 bits per heavy atom. The predicted octanol–water partition coefficient (Wildman–Crippen LogP) is 4.23. The number of hydrogen-bond donors (Lipinski definition) is 1. The maximum atomic E-state index is 13.2. The zero-order valence-electron chi connectivity index (χ0n) is 10.9. The zero-order valence-corrected chi connectivity index (χ0v) is 11.7. The summed E-state index contributed by atoms with van der Waals surface area (Å²) >= 11 is 5.92. The summed E-state index contributed by atoms with van der Waals surface area (Å²) in [5.74, 6) is -0.604. The lowest BCUT2D eigenvalue weighted by Gasteiger charge is -2.14. The van der Waals surface area contributed by atoms with Crippen molar-refractivity contribution in [3.05, 3.63) is 62.9 Å². The van der Waals surface area contributed by atoms with Gasteiger partial charge in [0.2, 0.25) is 5.75 Å². The van der Waals surface area contributed by atoms with Gasteiger partial charge < -0.3 is 9.84 Å². The van der Waals surface area contributed by atoms with Gasteiger partial charge in [-0.05, 0) is 31.2 Å². The molecular formula is C14H11ClFNO4. The van der Waals surface area contributed by atoms with E-state index >= 15 is 0 Å². The molecule has 2 aromatic rings. The van der Waals surface area contributed by atoms with Crippen molar-refractivity contribution < 1.29 is 19.2 Å². The fraction of sp³-hybridized carbons (Fsp3) is 0.143. The van der Waals surface area contributed by atoms with Gasteiger partial charge in [-0.2, -0.15) is 0 Å². The summed E-state index contributed by atoms with van der Waals surface area (Å²) in [5, 5.41) is 20.7. The topological polar surface area (TPSA) is 72.6 Å². The molecule has 0 bridgehead atoms. The summed E-state index contributed by atoms with van der Waals surface area (Å²) in [6.45, 7) is 1.43. The first-order chi connectivity index (χ1) is 9.90. The second-order valence-corrected chi connectivity index (χ2v) is 4.71. The highest BCUT2D eigenvalue weighted by Gasteiger charge is 2.21. The molecule has 1 atom stereocenters. The van der Waals surface area contributed by atoms with Crippen LogP contribution in [0.15, 0.2) is 36.4 Å². The van der Waals surface area contributed by atoms with Crippen LogP contribution in [0.5, 0.6) is 11.5 Å². The minimum atomic E-state index is -1.00. The lowest BCUT2D eigenvalue weighted by atomic mass is 10.1. The van der Waals surface area contributed by atoms with Crippen LogP contribution in [0.4, 0.5) is 10.1 Å². The van der Waals surface area contributed by atoms with E-state index in [1.54, 1.807) is 0 Å². The Morgan fingerprint density at radius 3 is 2.71 bits per heavy atom. The van der Waals surface area contributed by atoms with Crippen LogP contribution in [0.2, 0.25) is 5.02 Å². The van der Waals surface area contributed by atoms with E-state index < -0.39 is 16.8 Å². The third-order valence-electron chi connectivity index (χ3n) is 2.78. The van der Waals surface area contributed by atoms with Gasteiger partial charge in [0.1, 0.15) is 11.6 Å². The van der Waals surface area contributed by atoms with Gasteiger partial charge >= 0.3 is 5.69 Å². The number of nitro benzene ring substituents is 1. The predicted molar refractivity (Wildman–Crippen MR) is 75.2 cm³/mol. The van der Waals surface area contributed by atoms with Gasteiger partial charge in [-0.15, -0.1) is 0 Å². The van der Waals surface area contributed by atoms with Crippen LogP contribution >= 0.6 is 11.6 Å². The van der Waals surface area contributed by atoms with E-state index in [9.17, 15) is 19.6 Å². The summed E-state index contributed by atoms with van der Waals surface area (Å²) in [5.41, 5.74) is -0.146. The fourth-order valence-corrected chi connectivity index (χ4v) is 2.00. The molecule has 0 fully saturated rings. The SMILES string of the molecule is CC(O)c1cc(F)ccc1Oc1c(Cl)cccc1[N+](=O)[O-]. The Morgan fingerprint density at radius 2 is 2.10 bits per heavy atom. The number of hydrogen-bond acceptors (Lipinski definition) is 4. The third-order valence-corrected chi connectivity index (χ3v) is 3.07. The normalized spacial score (nSPS) is 12.0. The number of aliphatic hydroxyl groups is 1. The molecule has 110 valence electrons. The summed E-state index contributed by atoms with van der Waals surface area (Å²) < 4.78 is 18.7. The van der Waals surface area contributed by atoms with Crippen LogP contribution in [0.3, 0.4) is 0 Å². The standard InChI is InChI=1S/C14H11ClFNO4/c1-8(18)10-7-9(16)5-6-13(10)21-14-11(15)3-2-4-12(14)17(19)20/h2-8,18H,1H3. The number of benzene rings is 2. The lowest BCUT2D eigenvalue weighted by molar-refractivity contribution is -0.385. The van der Waals surface area contributed by atoms with E-state index in [0.717, 1.165) is 12.1 Å². The number of nitrogens with zero attached hydrogens (tertiary/aromatic N) is 1. The molecule has 0 aliphatic carbocycles. The maximum absolute atomic E-state index is 13.2. The minimum Gasteiger partial charge on any atom is -0.448 e. The maximum Gasteiger partial charge on any atom is 0.313 e. The molecule has 0 saturated carbocycles. The number of halogens is 2. The van der Waals surface area contributed by atoms with Crippen molar-refractivity contribution >= 4 is 17.3 Å². The molecule has 0 aliphatic rings. The summed E-state index contributed by atoms with van der Waals surface area (Å²) in [6, 6.07) is 7.62. The van der Waals surface area contributed by atoms with E-state index in [1.165, 1.54) is 31.2 Å². The molecule has 0 aliphatic heterocycles. The monoisotopic (exact) mass is 311 g/mol. The molecule has 1 unspecified atom stereocenters. The highest BCUT2D eigenvalue weighted by atomic mass is 35.5. The van der Waals surface area contributed by atoms with Crippen molar-refractivity contribution in [3.63, 3.8) is 0 Å². The van der Waals surface area contributed by atoms with Crippen LogP contribution in [-0.2, 0) is 0 Å². The molecule has 0 saturated heterocycles. The molecule has 0 heterocycles. The van der Waals surface area contributed by atoms with Gasteiger partial charge in [0, 0.05) is 11.6 Å². The van der Waals surface area contributed by atoms with E-state index in [0.29, 0.717) is 0 Å². The number of para-hydroxylation sites is 1. The second-order valence-electron chi connectivity index (χ2n) is 4.31. The van der Waals surface area contributed by atoms with Gasteiger partial charge in [-0.1, -0.05) is 17.7 Å². The quantitative estimate of drug-likeness (QED) is 0.677. The Kier molecular flexibility index (Phi) is 4.40. The molecule has 2 aromatic carbocycles. The Bertz CT molecular complexity index is 691.